The average Bonchev–Trinajstić information content (AvgIpc) is 2.48. The van der Waals surface area contributed by atoms with Crippen LogP contribution < -0.4 is 5.30 Å². The first-order valence-electron chi connectivity index (χ1n) is 9.19. The Morgan fingerprint density at radius 3 is 1.82 bits per heavy atom. The summed E-state index contributed by atoms with van der Waals surface area (Å²) in [6, 6.07) is 6.47. The summed E-state index contributed by atoms with van der Waals surface area (Å²) < 4.78 is 13.7. The third kappa shape index (κ3) is 6.29. The summed E-state index contributed by atoms with van der Waals surface area (Å²) in [4.78, 5) is 0. The fraction of sp³-hybridized carbons (Fsp3) is 0.700. The standard InChI is InChI=1S/C20H35OP/c1-5-7-9-11-15-22(21,16-12-10-8-6-2)20-14-13-18(3)17-19(20)4/h13-14,17H,5-12,15-16H2,1-4H3. The van der Waals surface area contributed by atoms with E-state index in [2.05, 4.69) is 45.9 Å². The molecule has 0 atom stereocenters. The Balaban J connectivity index is 2.81. The molecule has 1 nitrogen and oxygen atoms in total. The summed E-state index contributed by atoms with van der Waals surface area (Å²) in [5, 5.41) is 1.16. The van der Waals surface area contributed by atoms with Crippen molar-refractivity contribution in [3.8, 4) is 0 Å². The fourth-order valence-electron chi connectivity index (χ4n) is 3.20. The van der Waals surface area contributed by atoms with E-state index in [0.717, 1.165) is 30.5 Å². The van der Waals surface area contributed by atoms with E-state index >= 15 is 0 Å². The topological polar surface area (TPSA) is 17.1 Å². The van der Waals surface area contributed by atoms with E-state index in [9.17, 15) is 4.57 Å². The summed E-state index contributed by atoms with van der Waals surface area (Å²) in [5.74, 6) is 0. The third-order valence-electron chi connectivity index (χ3n) is 4.54. The van der Waals surface area contributed by atoms with Gasteiger partial charge in [0.05, 0.1) is 0 Å². The molecule has 0 bridgehead atoms. The number of rotatable bonds is 11. The highest BCUT2D eigenvalue weighted by molar-refractivity contribution is 7.71. The molecule has 0 saturated heterocycles. The van der Waals surface area contributed by atoms with Crippen LogP contribution in [0.5, 0.6) is 0 Å². The van der Waals surface area contributed by atoms with Crippen LogP contribution in [0.2, 0.25) is 0 Å². The molecule has 0 amide bonds. The number of unbranched alkanes of at least 4 members (excludes halogenated alkanes) is 6. The van der Waals surface area contributed by atoms with E-state index in [1.165, 1.54) is 49.7 Å². The Kier molecular flexibility index (Phi) is 9.10. The average molecular weight is 322 g/mol. The molecule has 0 heterocycles. The molecule has 0 radical (unpaired) electrons. The lowest BCUT2D eigenvalue weighted by Crippen LogP contribution is -2.14. The van der Waals surface area contributed by atoms with Crippen LogP contribution in [-0.2, 0) is 4.57 Å². The minimum Gasteiger partial charge on any atom is -0.319 e. The Morgan fingerprint density at radius 1 is 0.818 bits per heavy atom. The zero-order valence-electron chi connectivity index (χ0n) is 15.2. The van der Waals surface area contributed by atoms with Crippen LogP contribution in [0.4, 0.5) is 0 Å². The zero-order valence-corrected chi connectivity index (χ0v) is 16.1. The first-order chi connectivity index (χ1) is 10.5. The summed E-state index contributed by atoms with van der Waals surface area (Å²) in [6.07, 6.45) is 11.5. The highest BCUT2D eigenvalue weighted by atomic mass is 31.2. The SMILES string of the molecule is CCCCCCP(=O)(CCCCCC)c1ccc(C)cc1C. The molecule has 0 aliphatic carbocycles. The molecule has 0 spiro atoms. The first kappa shape index (κ1) is 19.5. The van der Waals surface area contributed by atoms with Gasteiger partial charge < -0.3 is 4.57 Å². The first-order valence-corrected chi connectivity index (χ1v) is 11.3. The molecule has 2 heteroatoms. The van der Waals surface area contributed by atoms with Gasteiger partial charge in [-0.2, -0.15) is 0 Å². The van der Waals surface area contributed by atoms with Gasteiger partial charge >= 0.3 is 0 Å². The molecular weight excluding hydrogens is 287 g/mol. The molecule has 0 N–H and O–H groups in total. The van der Waals surface area contributed by atoms with Gasteiger partial charge in [0.25, 0.3) is 0 Å². The van der Waals surface area contributed by atoms with Crippen molar-refractivity contribution in [1.29, 1.82) is 0 Å². The molecule has 126 valence electrons. The molecule has 0 aliphatic rings. The van der Waals surface area contributed by atoms with Crippen LogP contribution in [0, 0.1) is 13.8 Å². The maximum absolute atomic E-state index is 13.7. The van der Waals surface area contributed by atoms with Gasteiger partial charge in [-0.05, 0) is 32.3 Å². The molecule has 0 saturated carbocycles. The van der Waals surface area contributed by atoms with E-state index in [1.54, 1.807) is 0 Å². The number of hydrogen-bond donors (Lipinski definition) is 0. The predicted octanol–water partition coefficient (Wildman–Crippen LogP) is 6.45. The lowest BCUT2D eigenvalue weighted by Gasteiger charge is -2.21. The fourth-order valence-corrected chi connectivity index (χ4v) is 6.43. The van der Waals surface area contributed by atoms with E-state index in [1.807, 2.05) is 0 Å². The summed E-state index contributed by atoms with van der Waals surface area (Å²) >= 11 is 0. The molecule has 1 aromatic rings. The zero-order chi connectivity index (χ0) is 16.4. The Labute approximate surface area is 138 Å². The van der Waals surface area contributed by atoms with Crippen molar-refractivity contribution in [3.63, 3.8) is 0 Å². The normalized spacial score (nSPS) is 11.8. The lowest BCUT2D eigenvalue weighted by atomic mass is 10.2. The Hall–Kier alpha value is -0.550. The van der Waals surface area contributed by atoms with Gasteiger partial charge in [-0.15, -0.1) is 0 Å². The molecular formula is C20H35OP. The highest BCUT2D eigenvalue weighted by Gasteiger charge is 2.25. The highest BCUT2D eigenvalue weighted by Crippen LogP contribution is 2.47. The smallest absolute Gasteiger partial charge is 0.115 e. The summed E-state index contributed by atoms with van der Waals surface area (Å²) in [7, 11) is -2.21. The van der Waals surface area contributed by atoms with Crippen molar-refractivity contribution < 1.29 is 4.57 Å². The van der Waals surface area contributed by atoms with Crippen LogP contribution in [0.15, 0.2) is 18.2 Å². The third-order valence-corrected chi connectivity index (χ3v) is 7.99. The maximum Gasteiger partial charge on any atom is 0.115 e. The quantitative estimate of drug-likeness (QED) is 0.338. The van der Waals surface area contributed by atoms with Crippen molar-refractivity contribution in [3.05, 3.63) is 29.3 Å². The van der Waals surface area contributed by atoms with Gasteiger partial charge in [0.15, 0.2) is 0 Å². The number of hydrogen-bond acceptors (Lipinski definition) is 1. The minimum atomic E-state index is -2.21. The van der Waals surface area contributed by atoms with Crippen molar-refractivity contribution >= 4 is 12.4 Å². The van der Waals surface area contributed by atoms with Gasteiger partial charge in [-0.1, -0.05) is 76.1 Å². The predicted molar refractivity (Wildman–Crippen MR) is 101 cm³/mol. The maximum atomic E-state index is 13.7. The van der Waals surface area contributed by atoms with Crippen LogP contribution in [-0.4, -0.2) is 12.3 Å². The van der Waals surface area contributed by atoms with Gasteiger partial charge in [0.1, 0.15) is 7.14 Å². The number of benzene rings is 1. The summed E-state index contributed by atoms with van der Waals surface area (Å²) in [6.45, 7) is 8.71. The van der Waals surface area contributed by atoms with Crippen molar-refractivity contribution in [1.82, 2.24) is 0 Å². The van der Waals surface area contributed by atoms with Gasteiger partial charge in [-0.3, -0.25) is 0 Å². The van der Waals surface area contributed by atoms with E-state index < -0.39 is 7.14 Å². The molecule has 0 fully saturated rings. The van der Waals surface area contributed by atoms with Gasteiger partial charge in [-0.25, -0.2) is 0 Å². The largest absolute Gasteiger partial charge is 0.319 e. The lowest BCUT2D eigenvalue weighted by molar-refractivity contribution is 0.572. The van der Waals surface area contributed by atoms with Crippen LogP contribution >= 0.6 is 7.14 Å². The second-order valence-corrected chi connectivity index (χ2v) is 9.90. The van der Waals surface area contributed by atoms with Crippen molar-refractivity contribution in [2.75, 3.05) is 12.3 Å². The number of aryl methyl sites for hydroxylation is 2. The monoisotopic (exact) mass is 322 g/mol. The molecule has 0 aliphatic heterocycles. The van der Waals surface area contributed by atoms with E-state index in [-0.39, 0.29) is 0 Å². The molecule has 1 aromatic carbocycles. The Morgan fingerprint density at radius 2 is 1.36 bits per heavy atom. The minimum absolute atomic E-state index is 0.906. The van der Waals surface area contributed by atoms with E-state index in [0.29, 0.717) is 0 Å². The second kappa shape index (κ2) is 10.3. The van der Waals surface area contributed by atoms with Crippen molar-refractivity contribution in [2.24, 2.45) is 0 Å². The van der Waals surface area contributed by atoms with Gasteiger partial charge in [0, 0.05) is 17.6 Å². The molecule has 0 unspecified atom stereocenters. The molecule has 22 heavy (non-hydrogen) atoms. The van der Waals surface area contributed by atoms with Crippen LogP contribution in [0.25, 0.3) is 0 Å². The van der Waals surface area contributed by atoms with Crippen LogP contribution in [0.3, 0.4) is 0 Å². The van der Waals surface area contributed by atoms with Gasteiger partial charge in [0.2, 0.25) is 0 Å². The molecule has 0 aromatic heterocycles. The Bertz CT molecular complexity index is 463. The van der Waals surface area contributed by atoms with E-state index in [4.69, 9.17) is 0 Å². The van der Waals surface area contributed by atoms with Crippen molar-refractivity contribution in [2.45, 2.75) is 79.1 Å². The second-order valence-electron chi connectivity index (χ2n) is 6.75. The van der Waals surface area contributed by atoms with Crippen LogP contribution in [0.1, 0.15) is 76.3 Å². The summed E-state index contributed by atoms with van der Waals surface area (Å²) in [5.41, 5.74) is 2.50. The molecule has 1 rings (SSSR count).